The Morgan fingerprint density at radius 2 is 1.95 bits per heavy atom. The lowest BCUT2D eigenvalue weighted by Gasteiger charge is -2.10. The average Bonchev–Trinajstić information content (AvgIpc) is 3.03. The van der Waals surface area contributed by atoms with Crippen molar-refractivity contribution in [3.8, 4) is 17.1 Å². The van der Waals surface area contributed by atoms with Gasteiger partial charge >= 0.3 is 0 Å². The number of nitrogens with zero attached hydrogens (tertiary/aromatic N) is 1. The predicted molar refractivity (Wildman–Crippen MR) is 78.1 cm³/mol. The van der Waals surface area contributed by atoms with Crippen LogP contribution in [0.1, 0.15) is 16.1 Å². The normalized spacial score (nSPS) is 10.4. The number of hydrogen-bond acceptors (Lipinski definition) is 4. The molecule has 0 aliphatic rings. The van der Waals surface area contributed by atoms with Crippen molar-refractivity contribution in [1.29, 1.82) is 0 Å². The fourth-order valence-electron chi connectivity index (χ4n) is 2.02. The molecule has 3 aromatic rings. The van der Waals surface area contributed by atoms with Crippen LogP contribution >= 0.6 is 0 Å². The van der Waals surface area contributed by atoms with Gasteiger partial charge in [0.25, 0.3) is 0 Å². The first-order valence-electron chi connectivity index (χ1n) is 6.63. The van der Waals surface area contributed by atoms with Crippen molar-refractivity contribution in [3.63, 3.8) is 0 Å². The second-order valence-electron chi connectivity index (χ2n) is 4.60. The quantitative estimate of drug-likeness (QED) is 0.671. The van der Waals surface area contributed by atoms with Gasteiger partial charge in [-0.25, -0.2) is 4.39 Å². The van der Waals surface area contributed by atoms with Gasteiger partial charge in [-0.3, -0.25) is 9.78 Å². The van der Waals surface area contributed by atoms with Crippen LogP contribution in [-0.2, 0) is 6.61 Å². The van der Waals surface area contributed by atoms with Gasteiger partial charge in [0.2, 0.25) is 0 Å². The predicted octanol–water partition coefficient (Wildman–Crippen LogP) is 3.87. The summed E-state index contributed by atoms with van der Waals surface area (Å²) in [5.41, 5.74) is 1.40. The van der Waals surface area contributed by atoms with Crippen LogP contribution in [0, 0.1) is 5.82 Å². The van der Waals surface area contributed by atoms with E-state index in [1.807, 2.05) is 12.1 Å². The van der Waals surface area contributed by atoms with Crippen molar-refractivity contribution in [2.45, 2.75) is 6.61 Å². The Morgan fingerprint density at radius 1 is 1.14 bits per heavy atom. The van der Waals surface area contributed by atoms with Gasteiger partial charge < -0.3 is 9.15 Å². The molecule has 5 heteroatoms. The maximum atomic E-state index is 13.5. The van der Waals surface area contributed by atoms with Gasteiger partial charge in [-0.1, -0.05) is 0 Å². The summed E-state index contributed by atoms with van der Waals surface area (Å²) in [6.07, 6.45) is 3.95. The van der Waals surface area contributed by atoms with Crippen molar-refractivity contribution in [3.05, 3.63) is 72.0 Å². The van der Waals surface area contributed by atoms with E-state index in [1.54, 1.807) is 18.5 Å². The zero-order valence-corrected chi connectivity index (χ0v) is 11.5. The van der Waals surface area contributed by atoms with Crippen LogP contribution in [-0.4, -0.2) is 11.3 Å². The number of aromatic nitrogens is 1. The minimum atomic E-state index is -0.407. The van der Waals surface area contributed by atoms with Gasteiger partial charge in [-0.15, -0.1) is 0 Å². The maximum Gasteiger partial charge on any atom is 0.185 e. The molecule has 0 atom stereocenters. The molecule has 110 valence electrons. The first kappa shape index (κ1) is 14.0. The highest BCUT2D eigenvalue weighted by molar-refractivity contribution is 5.74. The third-order valence-corrected chi connectivity index (χ3v) is 3.09. The summed E-state index contributed by atoms with van der Waals surface area (Å²) in [4.78, 5) is 14.6. The van der Waals surface area contributed by atoms with Crippen LogP contribution in [0.25, 0.3) is 11.3 Å². The summed E-state index contributed by atoms with van der Waals surface area (Å²) in [7, 11) is 0. The van der Waals surface area contributed by atoms with E-state index in [2.05, 4.69) is 4.98 Å². The first-order chi connectivity index (χ1) is 10.8. The van der Waals surface area contributed by atoms with E-state index in [9.17, 15) is 9.18 Å². The van der Waals surface area contributed by atoms with Crippen LogP contribution in [0.15, 0.2) is 59.3 Å². The minimum absolute atomic E-state index is 0.180. The third-order valence-electron chi connectivity index (χ3n) is 3.09. The Hall–Kier alpha value is -2.95. The molecule has 0 saturated heterocycles. The number of carbonyl (C=O) groups excluding carboxylic acids is 1. The lowest BCUT2D eigenvalue weighted by atomic mass is 10.1. The highest BCUT2D eigenvalue weighted by Crippen LogP contribution is 2.32. The molecule has 0 aliphatic heterocycles. The van der Waals surface area contributed by atoms with Crippen molar-refractivity contribution in [2.24, 2.45) is 0 Å². The molecule has 0 unspecified atom stereocenters. The van der Waals surface area contributed by atoms with Gasteiger partial charge in [-0.2, -0.15) is 0 Å². The molecule has 0 aliphatic carbocycles. The van der Waals surface area contributed by atoms with Gasteiger partial charge in [0.05, 0.1) is 5.56 Å². The van der Waals surface area contributed by atoms with E-state index >= 15 is 0 Å². The fraction of sp³-hybridized carbons (Fsp3) is 0.0588. The number of carbonyl (C=O) groups is 1. The van der Waals surface area contributed by atoms with Gasteiger partial charge in [0.1, 0.15) is 23.9 Å². The molecule has 2 aromatic heterocycles. The zero-order valence-electron chi connectivity index (χ0n) is 11.5. The Bertz CT molecular complexity index is 784. The van der Waals surface area contributed by atoms with E-state index in [4.69, 9.17) is 9.15 Å². The SMILES string of the molecule is O=Cc1ccc(-c2cc(F)ccc2OCc2ccncc2)o1. The summed E-state index contributed by atoms with van der Waals surface area (Å²) in [5.74, 6) is 0.631. The van der Waals surface area contributed by atoms with Crippen LogP contribution in [0.5, 0.6) is 5.75 Å². The van der Waals surface area contributed by atoms with Crippen molar-refractivity contribution in [2.75, 3.05) is 0 Å². The smallest absolute Gasteiger partial charge is 0.185 e. The molecule has 22 heavy (non-hydrogen) atoms. The molecule has 0 fully saturated rings. The molecule has 0 radical (unpaired) electrons. The van der Waals surface area contributed by atoms with E-state index in [1.165, 1.54) is 24.3 Å². The molecule has 0 N–H and O–H groups in total. The van der Waals surface area contributed by atoms with E-state index in [-0.39, 0.29) is 5.76 Å². The average molecular weight is 297 g/mol. The summed E-state index contributed by atoms with van der Waals surface area (Å²) in [6.45, 7) is 0.322. The van der Waals surface area contributed by atoms with Gasteiger partial charge in [0.15, 0.2) is 12.0 Å². The molecular formula is C17H12FNO3. The molecule has 0 spiro atoms. The number of aldehydes is 1. The second kappa shape index (κ2) is 6.22. The molecule has 3 rings (SSSR count). The van der Waals surface area contributed by atoms with Crippen LogP contribution in [0.2, 0.25) is 0 Å². The Morgan fingerprint density at radius 3 is 2.68 bits per heavy atom. The van der Waals surface area contributed by atoms with Crippen LogP contribution < -0.4 is 4.74 Å². The van der Waals surface area contributed by atoms with Gasteiger partial charge in [-0.05, 0) is 48.0 Å². The lowest BCUT2D eigenvalue weighted by molar-refractivity contribution is 0.110. The topological polar surface area (TPSA) is 52.3 Å². The minimum Gasteiger partial charge on any atom is -0.488 e. The summed E-state index contributed by atoms with van der Waals surface area (Å²) in [6, 6.07) is 11.0. The number of ether oxygens (including phenoxy) is 1. The molecule has 0 saturated carbocycles. The van der Waals surface area contributed by atoms with Gasteiger partial charge in [0, 0.05) is 12.4 Å². The van der Waals surface area contributed by atoms with Crippen molar-refractivity contribution >= 4 is 6.29 Å². The third kappa shape index (κ3) is 3.03. The molecule has 2 heterocycles. The van der Waals surface area contributed by atoms with E-state index in [0.717, 1.165) is 5.56 Å². The molecule has 0 amide bonds. The first-order valence-corrected chi connectivity index (χ1v) is 6.63. The molecular weight excluding hydrogens is 285 g/mol. The monoisotopic (exact) mass is 297 g/mol. The number of rotatable bonds is 5. The molecule has 0 bridgehead atoms. The standard InChI is InChI=1S/C17H12FNO3/c18-13-1-3-16(21-11-12-5-7-19-8-6-12)15(9-13)17-4-2-14(10-20)22-17/h1-10H,11H2. The number of hydrogen-bond donors (Lipinski definition) is 0. The zero-order chi connectivity index (χ0) is 15.4. The highest BCUT2D eigenvalue weighted by atomic mass is 19.1. The number of furan rings is 1. The highest BCUT2D eigenvalue weighted by Gasteiger charge is 2.12. The fourth-order valence-corrected chi connectivity index (χ4v) is 2.02. The Labute approximate surface area is 126 Å². The lowest BCUT2D eigenvalue weighted by Crippen LogP contribution is -1.97. The molecule has 1 aromatic carbocycles. The summed E-state index contributed by atoms with van der Waals surface area (Å²) < 4.78 is 24.6. The van der Waals surface area contributed by atoms with Crippen LogP contribution in [0.4, 0.5) is 4.39 Å². The number of pyridine rings is 1. The number of benzene rings is 1. The molecule has 4 nitrogen and oxygen atoms in total. The Kier molecular flexibility index (Phi) is 3.96. The van der Waals surface area contributed by atoms with E-state index < -0.39 is 5.82 Å². The van der Waals surface area contributed by atoms with E-state index in [0.29, 0.717) is 30.0 Å². The Balaban J connectivity index is 1.89. The van der Waals surface area contributed by atoms with Crippen molar-refractivity contribution in [1.82, 2.24) is 4.98 Å². The van der Waals surface area contributed by atoms with Crippen molar-refractivity contribution < 1.29 is 18.3 Å². The summed E-state index contributed by atoms with van der Waals surface area (Å²) in [5, 5.41) is 0. The van der Waals surface area contributed by atoms with Crippen LogP contribution in [0.3, 0.4) is 0 Å². The maximum absolute atomic E-state index is 13.5. The second-order valence-corrected chi connectivity index (χ2v) is 4.60. The largest absolute Gasteiger partial charge is 0.488 e. The number of halogens is 1. The summed E-state index contributed by atoms with van der Waals surface area (Å²) >= 11 is 0.